The van der Waals surface area contributed by atoms with E-state index in [0.717, 1.165) is 0 Å². The molecule has 0 radical (unpaired) electrons. The van der Waals surface area contributed by atoms with E-state index in [9.17, 15) is 0 Å². The summed E-state index contributed by atoms with van der Waals surface area (Å²) in [4.78, 5) is 0. The van der Waals surface area contributed by atoms with Crippen LogP contribution < -0.4 is 0 Å². The molecule has 0 amide bonds. The highest BCUT2D eigenvalue weighted by atomic mass is 16.5. The molecule has 60 valence electrons. The molecule has 0 aliphatic carbocycles. The highest BCUT2D eigenvalue weighted by Gasteiger charge is 2.13. The molecule has 1 heterocycles. The monoisotopic (exact) mass is 154 g/mol. The predicted octanol–water partition coefficient (Wildman–Crippen LogP) is 1.26. The quantitative estimate of drug-likeness (QED) is 0.489. The van der Waals surface area contributed by atoms with Crippen molar-refractivity contribution in [3.63, 3.8) is 0 Å². The summed E-state index contributed by atoms with van der Waals surface area (Å²) < 4.78 is 9.59. The van der Waals surface area contributed by atoms with E-state index in [1.165, 1.54) is 7.11 Å². The van der Waals surface area contributed by atoms with Gasteiger partial charge in [-0.2, -0.15) is 0 Å². The molecular formula is C7H10N2O2. The normalized spacial score (nSPS) is 9.73. The first kappa shape index (κ1) is 7.78. The highest BCUT2D eigenvalue weighted by molar-refractivity contribution is 5.93. The zero-order valence-corrected chi connectivity index (χ0v) is 6.76. The fraction of sp³-hybridized carbons (Fsp3) is 0.429. The van der Waals surface area contributed by atoms with Gasteiger partial charge in [-0.3, -0.25) is 5.41 Å². The van der Waals surface area contributed by atoms with Crippen molar-refractivity contribution in [2.45, 2.75) is 13.8 Å². The maximum atomic E-state index is 7.35. The van der Waals surface area contributed by atoms with Crippen LogP contribution >= 0.6 is 0 Å². The van der Waals surface area contributed by atoms with Crippen molar-refractivity contribution < 1.29 is 9.26 Å². The van der Waals surface area contributed by atoms with Crippen LogP contribution in [0.25, 0.3) is 0 Å². The van der Waals surface area contributed by atoms with Gasteiger partial charge in [0.25, 0.3) is 0 Å². The summed E-state index contributed by atoms with van der Waals surface area (Å²) in [5.41, 5.74) is 1.34. The van der Waals surface area contributed by atoms with Crippen molar-refractivity contribution in [1.29, 1.82) is 5.41 Å². The Labute approximate surface area is 64.7 Å². The molecule has 1 N–H and O–H groups in total. The van der Waals surface area contributed by atoms with E-state index in [-0.39, 0.29) is 5.90 Å². The van der Waals surface area contributed by atoms with E-state index in [1.54, 1.807) is 13.8 Å². The van der Waals surface area contributed by atoms with Gasteiger partial charge in [0.1, 0.15) is 11.3 Å². The summed E-state index contributed by atoms with van der Waals surface area (Å²) in [6, 6.07) is 0. The van der Waals surface area contributed by atoms with Gasteiger partial charge in [-0.05, 0) is 13.8 Å². The third-order valence-electron chi connectivity index (χ3n) is 1.46. The zero-order chi connectivity index (χ0) is 8.43. The molecular weight excluding hydrogens is 144 g/mol. The first-order valence-electron chi connectivity index (χ1n) is 3.22. The molecule has 0 aliphatic heterocycles. The third-order valence-corrected chi connectivity index (χ3v) is 1.46. The molecule has 4 heteroatoms. The van der Waals surface area contributed by atoms with Crippen molar-refractivity contribution in [2.24, 2.45) is 0 Å². The molecule has 0 unspecified atom stereocenters. The predicted molar refractivity (Wildman–Crippen MR) is 39.8 cm³/mol. The number of methoxy groups -OCH3 is 1. The van der Waals surface area contributed by atoms with Crippen LogP contribution in [0.5, 0.6) is 0 Å². The van der Waals surface area contributed by atoms with E-state index in [0.29, 0.717) is 17.0 Å². The van der Waals surface area contributed by atoms with E-state index in [2.05, 4.69) is 5.16 Å². The van der Waals surface area contributed by atoms with Crippen LogP contribution in [-0.4, -0.2) is 18.2 Å². The molecule has 0 atom stereocenters. The minimum Gasteiger partial charge on any atom is -0.481 e. The SMILES string of the molecule is COC(=N)c1c(C)noc1C. The van der Waals surface area contributed by atoms with Gasteiger partial charge < -0.3 is 9.26 Å². The first-order chi connectivity index (χ1) is 5.16. The Kier molecular flexibility index (Phi) is 1.94. The molecule has 1 aromatic heterocycles. The van der Waals surface area contributed by atoms with Crippen LogP contribution in [0.4, 0.5) is 0 Å². The average molecular weight is 154 g/mol. The molecule has 0 saturated carbocycles. The van der Waals surface area contributed by atoms with Gasteiger partial charge >= 0.3 is 0 Å². The number of rotatable bonds is 1. The Morgan fingerprint density at radius 1 is 1.55 bits per heavy atom. The number of nitrogens with one attached hydrogen (secondary N) is 1. The van der Waals surface area contributed by atoms with Gasteiger partial charge in [-0.25, -0.2) is 0 Å². The molecule has 1 aromatic rings. The lowest BCUT2D eigenvalue weighted by Gasteiger charge is -1.98. The molecule has 0 saturated heterocycles. The van der Waals surface area contributed by atoms with E-state index in [1.807, 2.05) is 0 Å². The minimum absolute atomic E-state index is 0.0984. The molecule has 0 aliphatic rings. The topological polar surface area (TPSA) is 59.1 Å². The lowest BCUT2D eigenvalue weighted by Crippen LogP contribution is -2.03. The second-order valence-corrected chi connectivity index (χ2v) is 2.23. The lowest BCUT2D eigenvalue weighted by molar-refractivity contribution is 0.387. The fourth-order valence-electron chi connectivity index (χ4n) is 0.909. The van der Waals surface area contributed by atoms with Crippen LogP contribution in [0.3, 0.4) is 0 Å². The minimum atomic E-state index is 0.0984. The van der Waals surface area contributed by atoms with Crippen molar-refractivity contribution in [1.82, 2.24) is 5.16 Å². The summed E-state index contributed by atoms with van der Waals surface area (Å²) >= 11 is 0. The van der Waals surface area contributed by atoms with Crippen LogP contribution in [0.15, 0.2) is 4.52 Å². The van der Waals surface area contributed by atoms with Crippen molar-refractivity contribution in [2.75, 3.05) is 7.11 Å². The number of aryl methyl sites for hydroxylation is 2. The number of nitrogens with zero attached hydrogens (tertiary/aromatic N) is 1. The second-order valence-electron chi connectivity index (χ2n) is 2.23. The summed E-state index contributed by atoms with van der Waals surface area (Å²) in [6.45, 7) is 3.53. The van der Waals surface area contributed by atoms with E-state index in [4.69, 9.17) is 14.7 Å². The molecule has 0 bridgehead atoms. The largest absolute Gasteiger partial charge is 0.481 e. The number of hydrogen-bond acceptors (Lipinski definition) is 4. The molecule has 0 aromatic carbocycles. The highest BCUT2D eigenvalue weighted by Crippen LogP contribution is 2.12. The number of aromatic nitrogens is 1. The van der Waals surface area contributed by atoms with Gasteiger partial charge in [0, 0.05) is 0 Å². The Balaban J connectivity index is 3.10. The van der Waals surface area contributed by atoms with Gasteiger partial charge in [-0.15, -0.1) is 0 Å². The lowest BCUT2D eigenvalue weighted by atomic mass is 10.2. The van der Waals surface area contributed by atoms with Gasteiger partial charge in [-0.1, -0.05) is 5.16 Å². The smallest absolute Gasteiger partial charge is 0.218 e. The standard InChI is InChI=1S/C7H10N2O2/c1-4-6(7(8)10-3)5(2)11-9-4/h8H,1-3H3. The Morgan fingerprint density at radius 3 is 2.55 bits per heavy atom. The second kappa shape index (κ2) is 2.74. The van der Waals surface area contributed by atoms with E-state index < -0.39 is 0 Å². The molecule has 1 rings (SSSR count). The van der Waals surface area contributed by atoms with Crippen LogP contribution in [0.1, 0.15) is 17.0 Å². The molecule has 0 fully saturated rings. The van der Waals surface area contributed by atoms with Crippen LogP contribution in [0, 0.1) is 19.3 Å². The summed E-state index contributed by atoms with van der Waals surface area (Å²) in [7, 11) is 1.45. The number of hydrogen-bond donors (Lipinski definition) is 1. The Morgan fingerprint density at radius 2 is 2.18 bits per heavy atom. The first-order valence-corrected chi connectivity index (χ1v) is 3.22. The molecule has 11 heavy (non-hydrogen) atoms. The van der Waals surface area contributed by atoms with E-state index >= 15 is 0 Å². The summed E-state index contributed by atoms with van der Waals surface area (Å²) in [5.74, 6) is 0.718. The molecule has 0 spiro atoms. The van der Waals surface area contributed by atoms with Gasteiger partial charge in [0.05, 0.1) is 12.8 Å². The van der Waals surface area contributed by atoms with Gasteiger partial charge in [0.2, 0.25) is 5.90 Å². The third kappa shape index (κ3) is 1.24. The molecule has 4 nitrogen and oxygen atoms in total. The maximum Gasteiger partial charge on any atom is 0.218 e. The van der Waals surface area contributed by atoms with Crippen LogP contribution in [-0.2, 0) is 4.74 Å². The van der Waals surface area contributed by atoms with Crippen molar-refractivity contribution in [3.05, 3.63) is 17.0 Å². The summed E-state index contributed by atoms with van der Waals surface area (Å²) in [5, 5.41) is 11.0. The Hall–Kier alpha value is -1.32. The van der Waals surface area contributed by atoms with Crippen LogP contribution in [0.2, 0.25) is 0 Å². The fourth-order valence-corrected chi connectivity index (χ4v) is 0.909. The maximum absolute atomic E-state index is 7.35. The van der Waals surface area contributed by atoms with Crippen molar-refractivity contribution >= 4 is 5.90 Å². The summed E-state index contributed by atoms with van der Waals surface area (Å²) in [6.07, 6.45) is 0. The Bertz CT molecular complexity index is 258. The average Bonchev–Trinajstić information content (AvgIpc) is 2.30. The zero-order valence-electron chi connectivity index (χ0n) is 6.76. The van der Waals surface area contributed by atoms with Crippen molar-refractivity contribution in [3.8, 4) is 0 Å². The van der Waals surface area contributed by atoms with Gasteiger partial charge in [0.15, 0.2) is 0 Å². The number of ether oxygens (including phenoxy) is 1.